The summed E-state index contributed by atoms with van der Waals surface area (Å²) in [6.07, 6.45) is 0. The molecule has 1 amide bonds. The predicted molar refractivity (Wildman–Crippen MR) is 80.1 cm³/mol. The van der Waals surface area contributed by atoms with Gasteiger partial charge in [0, 0.05) is 16.7 Å². The standard InChI is InChI=1S/C13H8ClN5O4/c14-8-3-1-7(2-4-8)12-17-18-13(23-12)16-11(20)9-5-6-10(15-9)19(21)22/h1-6,15H,(H,16,18,20). The van der Waals surface area contributed by atoms with Gasteiger partial charge >= 0.3 is 11.8 Å². The van der Waals surface area contributed by atoms with Gasteiger partial charge in [-0.1, -0.05) is 16.7 Å². The summed E-state index contributed by atoms with van der Waals surface area (Å²) in [4.78, 5) is 24.2. The van der Waals surface area contributed by atoms with E-state index in [2.05, 4.69) is 20.5 Å². The highest BCUT2D eigenvalue weighted by atomic mass is 35.5. The highest BCUT2D eigenvalue weighted by molar-refractivity contribution is 6.30. The second kappa shape index (κ2) is 5.89. The van der Waals surface area contributed by atoms with Crippen molar-refractivity contribution in [3.8, 4) is 11.5 Å². The number of nitrogens with one attached hydrogen (secondary N) is 2. The SMILES string of the molecule is O=C(Nc1nnc(-c2ccc(Cl)cc2)o1)c1ccc([N+](=O)[O-])[nH]1. The van der Waals surface area contributed by atoms with Gasteiger partial charge in [-0.05, 0) is 35.3 Å². The molecule has 0 fully saturated rings. The Balaban J connectivity index is 1.74. The highest BCUT2D eigenvalue weighted by Crippen LogP contribution is 2.22. The Bertz CT molecular complexity index is 871. The first-order valence-electron chi connectivity index (χ1n) is 6.27. The maximum atomic E-state index is 11.9. The van der Waals surface area contributed by atoms with Crippen LogP contribution >= 0.6 is 11.6 Å². The third kappa shape index (κ3) is 3.19. The highest BCUT2D eigenvalue weighted by Gasteiger charge is 2.18. The fourth-order valence-electron chi connectivity index (χ4n) is 1.77. The summed E-state index contributed by atoms with van der Waals surface area (Å²) in [6.45, 7) is 0. The van der Waals surface area contributed by atoms with Crippen molar-refractivity contribution in [2.75, 3.05) is 5.32 Å². The van der Waals surface area contributed by atoms with Crippen molar-refractivity contribution in [3.05, 3.63) is 57.2 Å². The van der Waals surface area contributed by atoms with Crippen LogP contribution in [0.2, 0.25) is 5.02 Å². The maximum Gasteiger partial charge on any atom is 0.322 e. The number of halogens is 1. The number of rotatable bonds is 4. The van der Waals surface area contributed by atoms with E-state index in [1.165, 1.54) is 12.1 Å². The van der Waals surface area contributed by atoms with Gasteiger partial charge in [0.25, 0.3) is 5.91 Å². The lowest BCUT2D eigenvalue weighted by Gasteiger charge is -1.96. The van der Waals surface area contributed by atoms with Crippen LogP contribution in [-0.4, -0.2) is 26.0 Å². The molecule has 1 aromatic carbocycles. The van der Waals surface area contributed by atoms with Crippen LogP contribution in [0.1, 0.15) is 10.5 Å². The summed E-state index contributed by atoms with van der Waals surface area (Å²) in [5, 5.41) is 21.0. The summed E-state index contributed by atoms with van der Waals surface area (Å²) < 4.78 is 5.31. The fourth-order valence-corrected chi connectivity index (χ4v) is 1.90. The monoisotopic (exact) mass is 333 g/mol. The zero-order valence-corrected chi connectivity index (χ0v) is 12.1. The third-order valence-corrected chi connectivity index (χ3v) is 3.10. The van der Waals surface area contributed by atoms with Gasteiger partial charge in [0.15, 0.2) is 5.69 Å². The Morgan fingerprint density at radius 2 is 1.96 bits per heavy atom. The number of nitrogens with zero attached hydrogens (tertiary/aromatic N) is 3. The van der Waals surface area contributed by atoms with E-state index in [-0.39, 0.29) is 23.4 Å². The molecule has 0 radical (unpaired) electrons. The van der Waals surface area contributed by atoms with Crippen molar-refractivity contribution >= 4 is 29.3 Å². The third-order valence-electron chi connectivity index (χ3n) is 2.85. The fraction of sp³-hybridized carbons (Fsp3) is 0. The molecule has 10 heteroatoms. The van der Waals surface area contributed by atoms with Crippen LogP contribution in [-0.2, 0) is 0 Å². The average Bonchev–Trinajstić information content (AvgIpc) is 3.17. The van der Waals surface area contributed by atoms with Gasteiger partial charge < -0.3 is 14.5 Å². The summed E-state index contributed by atoms with van der Waals surface area (Å²) in [5.41, 5.74) is 0.640. The van der Waals surface area contributed by atoms with Gasteiger partial charge in [-0.15, -0.1) is 5.10 Å². The molecule has 0 aliphatic rings. The minimum absolute atomic E-state index is 0.00272. The predicted octanol–water partition coefficient (Wildman–Crippen LogP) is 2.88. The molecule has 0 aliphatic carbocycles. The van der Waals surface area contributed by atoms with Crippen LogP contribution in [0.25, 0.3) is 11.5 Å². The molecule has 2 heterocycles. The Morgan fingerprint density at radius 1 is 1.22 bits per heavy atom. The molecule has 3 aromatic rings. The number of hydrogen-bond acceptors (Lipinski definition) is 6. The van der Waals surface area contributed by atoms with Crippen LogP contribution in [0.15, 0.2) is 40.8 Å². The van der Waals surface area contributed by atoms with E-state index >= 15 is 0 Å². The summed E-state index contributed by atoms with van der Waals surface area (Å²) in [6, 6.07) is 9.05. The topological polar surface area (TPSA) is 127 Å². The first-order chi connectivity index (χ1) is 11.0. The van der Waals surface area contributed by atoms with Crippen molar-refractivity contribution < 1.29 is 14.1 Å². The number of aromatic nitrogens is 3. The quantitative estimate of drug-likeness (QED) is 0.558. The number of hydrogen-bond donors (Lipinski definition) is 2. The number of anilines is 1. The molecule has 116 valence electrons. The number of amides is 1. The molecule has 23 heavy (non-hydrogen) atoms. The molecule has 0 saturated carbocycles. The summed E-state index contributed by atoms with van der Waals surface area (Å²) >= 11 is 5.79. The normalized spacial score (nSPS) is 10.5. The van der Waals surface area contributed by atoms with Crippen LogP contribution in [0.5, 0.6) is 0 Å². The van der Waals surface area contributed by atoms with E-state index in [4.69, 9.17) is 16.0 Å². The molecule has 2 N–H and O–H groups in total. The van der Waals surface area contributed by atoms with Gasteiger partial charge in [-0.25, -0.2) is 4.98 Å². The largest absolute Gasteiger partial charge is 0.403 e. The van der Waals surface area contributed by atoms with Crippen molar-refractivity contribution in [3.63, 3.8) is 0 Å². The summed E-state index contributed by atoms with van der Waals surface area (Å²) in [5.74, 6) is -0.721. The Kier molecular flexibility index (Phi) is 3.77. The molecular formula is C13H8ClN5O4. The molecule has 0 unspecified atom stereocenters. The van der Waals surface area contributed by atoms with E-state index in [9.17, 15) is 14.9 Å². The molecule has 2 aromatic heterocycles. The van der Waals surface area contributed by atoms with E-state index in [0.29, 0.717) is 10.6 Å². The van der Waals surface area contributed by atoms with Crippen molar-refractivity contribution in [1.82, 2.24) is 15.2 Å². The van der Waals surface area contributed by atoms with Gasteiger partial charge in [-0.3, -0.25) is 10.1 Å². The molecule has 9 nitrogen and oxygen atoms in total. The number of carbonyl (C=O) groups is 1. The molecule has 0 spiro atoms. The van der Waals surface area contributed by atoms with E-state index in [0.717, 1.165) is 0 Å². The van der Waals surface area contributed by atoms with Crippen molar-refractivity contribution in [1.29, 1.82) is 0 Å². The zero-order valence-electron chi connectivity index (χ0n) is 11.3. The Hall–Kier alpha value is -3.20. The Labute approximate surface area is 133 Å². The maximum absolute atomic E-state index is 11.9. The molecule has 0 bridgehead atoms. The molecule has 0 atom stereocenters. The number of carbonyl (C=O) groups excluding carboxylic acids is 1. The van der Waals surface area contributed by atoms with Gasteiger partial charge in [0.2, 0.25) is 5.89 Å². The lowest BCUT2D eigenvalue weighted by molar-refractivity contribution is -0.389. The van der Waals surface area contributed by atoms with Crippen LogP contribution in [0.4, 0.5) is 11.8 Å². The minimum Gasteiger partial charge on any atom is -0.403 e. The minimum atomic E-state index is -0.637. The molecule has 0 aliphatic heterocycles. The van der Waals surface area contributed by atoms with Crippen LogP contribution in [0.3, 0.4) is 0 Å². The molecule has 3 rings (SSSR count). The lowest BCUT2D eigenvalue weighted by atomic mass is 10.2. The molecular weight excluding hydrogens is 326 g/mol. The van der Waals surface area contributed by atoms with Gasteiger partial charge in [0.05, 0.1) is 0 Å². The second-order valence-corrected chi connectivity index (χ2v) is 4.82. The number of H-pyrrole nitrogens is 1. The van der Waals surface area contributed by atoms with Crippen LogP contribution in [0, 0.1) is 10.1 Å². The zero-order chi connectivity index (χ0) is 16.4. The van der Waals surface area contributed by atoms with Crippen LogP contribution < -0.4 is 5.32 Å². The Morgan fingerprint density at radius 3 is 2.61 bits per heavy atom. The lowest BCUT2D eigenvalue weighted by Crippen LogP contribution is -2.12. The summed E-state index contributed by atoms with van der Waals surface area (Å²) in [7, 11) is 0. The van der Waals surface area contributed by atoms with Crippen molar-refractivity contribution in [2.45, 2.75) is 0 Å². The smallest absolute Gasteiger partial charge is 0.322 e. The van der Waals surface area contributed by atoms with Crippen molar-refractivity contribution in [2.24, 2.45) is 0 Å². The van der Waals surface area contributed by atoms with E-state index in [1.54, 1.807) is 24.3 Å². The number of nitro groups is 1. The first kappa shape index (κ1) is 14.7. The molecule has 0 saturated heterocycles. The van der Waals surface area contributed by atoms with Gasteiger partial charge in [0.1, 0.15) is 0 Å². The average molecular weight is 334 g/mol. The second-order valence-electron chi connectivity index (χ2n) is 4.39. The number of benzene rings is 1. The van der Waals surface area contributed by atoms with Gasteiger partial charge in [-0.2, -0.15) is 0 Å². The number of aromatic amines is 1. The van der Waals surface area contributed by atoms with E-state index < -0.39 is 10.8 Å². The van der Waals surface area contributed by atoms with E-state index in [1.807, 2.05) is 0 Å². The first-order valence-corrected chi connectivity index (χ1v) is 6.65.